The molecule has 0 aliphatic rings. The van der Waals surface area contributed by atoms with E-state index in [9.17, 15) is 0 Å². The fourth-order valence-electron chi connectivity index (χ4n) is 1.35. The molecule has 0 aromatic heterocycles. The summed E-state index contributed by atoms with van der Waals surface area (Å²) in [5, 5.41) is 0. The van der Waals surface area contributed by atoms with E-state index in [1.54, 1.807) is 31.4 Å². The highest BCUT2D eigenvalue weighted by atomic mass is 16.5. The maximum absolute atomic E-state index is 7.37. The van der Waals surface area contributed by atoms with E-state index in [4.69, 9.17) is 15.2 Å². The predicted molar refractivity (Wildman–Crippen MR) is 62.3 cm³/mol. The highest BCUT2D eigenvalue weighted by Crippen LogP contribution is 2.31. The molecule has 0 aliphatic heterocycles. The zero-order valence-corrected chi connectivity index (χ0v) is 8.94. The molecule has 16 heavy (non-hydrogen) atoms. The third-order valence-corrected chi connectivity index (χ3v) is 2.15. The van der Waals surface area contributed by atoms with E-state index in [0.29, 0.717) is 22.9 Å². The zero-order chi connectivity index (χ0) is 11.4. The molecular formula is C13H12NO2. The first-order valence-electron chi connectivity index (χ1n) is 4.92. The van der Waals surface area contributed by atoms with Crippen LogP contribution in [0, 0.1) is 0 Å². The van der Waals surface area contributed by atoms with Gasteiger partial charge in [0.25, 0.3) is 0 Å². The lowest BCUT2D eigenvalue weighted by molar-refractivity contribution is 0.379. The first kappa shape index (κ1) is 10.4. The summed E-state index contributed by atoms with van der Waals surface area (Å²) in [5.41, 5.74) is 7.83. The number of para-hydroxylation sites is 2. The van der Waals surface area contributed by atoms with Crippen LogP contribution < -0.4 is 15.2 Å². The Bertz CT molecular complexity index is 466. The molecule has 0 spiro atoms. The third-order valence-electron chi connectivity index (χ3n) is 2.15. The Labute approximate surface area is 94.4 Å². The van der Waals surface area contributed by atoms with E-state index >= 15 is 0 Å². The second kappa shape index (κ2) is 4.57. The quantitative estimate of drug-likeness (QED) is 0.785. The first-order valence-corrected chi connectivity index (χ1v) is 4.92. The second-order valence-corrected chi connectivity index (χ2v) is 3.28. The van der Waals surface area contributed by atoms with Crippen LogP contribution in [-0.2, 0) is 0 Å². The minimum atomic E-state index is 0.465. The summed E-state index contributed by atoms with van der Waals surface area (Å²) in [6.45, 7) is 0. The fraction of sp³-hybridized carbons (Fsp3) is 0.0769. The Balaban J connectivity index is 2.23. The van der Waals surface area contributed by atoms with E-state index in [-0.39, 0.29) is 0 Å². The van der Waals surface area contributed by atoms with Crippen LogP contribution in [0.3, 0.4) is 0 Å². The Morgan fingerprint density at radius 2 is 1.50 bits per heavy atom. The van der Waals surface area contributed by atoms with Gasteiger partial charge >= 0.3 is 0 Å². The molecule has 0 amide bonds. The molecule has 81 valence electrons. The topological polar surface area (TPSA) is 42.3 Å². The molecule has 0 saturated carbocycles. The minimum Gasteiger partial charge on any atom is -0.493 e. The summed E-state index contributed by atoms with van der Waals surface area (Å²) in [6.07, 6.45) is 0. The largest absolute Gasteiger partial charge is 0.493 e. The number of hydrogen-bond acceptors (Lipinski definition) is 2. The van der Waals surface area contributed by atoms with Crippen molar-refractivity contribution < 1.29 is 9.47 Å². The van der Waals surface area contributed by atoms with Crippen LogP contribution in [0.2, 0.25) is 0 Å². The highest BCUT2D eigenvalue weighted by molar-refractivity contribution is 5.45. The third kappa shape index (κ3) is 2.25. The Hall–Kier alpha value is -2.16. The molecule has 2 aromatic rings. The Kier molecular flexibility index (Phi) is 2.96. The van der Waals surface area contributed by atoms with Crippen molar-refractivity contribution in [1.82, 2.24) is 5.73 Å². The van der Waals surface area contributed by atoms with E-state index in [2.05, 4.69) is 0 Å². The number of methoxy groups -OCH3 is 1. The van der Waals surface area contributed by atoms with Gasteiger partial charge in [-0.1, -0.05) is 12.1 Å². The SMILES string of the molecule is COc1ccccc1Oc1ccc([NH])cc1. The number of ether oxygens (including phenoxy) is 2. The monoisotopic (exact) mass is 214 g/mol. The molecule has 0 atom stereocenters. The molecule has 1 radical (unpaired) electrons. The Morgan fingerprint density at radius 3 is 2.12 bits per heavy atom. The van der Waals surface area contributed by atoms with Gasteiger partial charge in [-0.15, -0.1) is 0 Å². The van der Waals surface area contributed by atoms with Gasteiger partial charge in [0.05, 0.1) is 12.8 Å². The number of rotatable bonds is 3. The van der Waals surface area contributed by atoms with Crippen LogP contribution in [-0.4, -0.2) is 7.11 Å². The van der Waals surface area contributed by atoms with Crippen LogP contribution in [0.1, 0.15) is 0 Å². The van der Waals surface area contributed by atoms with Crippen LogP contribution in [0.5, 0.6) is 17.2 Å². The molecule has 0 saturated heterocycles. The lowest BCUT2D eigenvalue weighted by Crippen LogP contribution is -1.89. The first-order chi connectivity index (χ1) is 7.79. The number of hydrogen-bond donors (Lipinski definition) is 0. The molecule has 0 aliphatic carbocycles. The second-order valence-electron chi connectivity index (χ2n) is 3.28. The van der Waals surface area contributed by atoms with Crippen LogP contribution in [0.25, 0.3) is 0 Å². The van der Waals surface area contributed by atoms with Crippen LogP contribution >= 0.6 is 0 Å². The molecule has 0 bridgehead atoms. The van der Waals surface area contributed by atoms with Crippen molar-refractivity contribution in [2.45, 2.75) is 0 Å². The van der Waals surface area contributed by atoms with E-state index in [1.165, 1.54) is 0 Å². The van der Waals surface area contributed by atoms with Crippen molar-refractivity contribution >= 4 is 5.69 Å². The van der Waals surface area contributed by atoms with Crippen molar-refractivity contribution in [2.24, 2.45) is 0 Å². The smallest absolute Gasteiger partial charge is 0.169 e. The summed E-state index contributed by atoms with van der Waals surface area (Å²) in [6, 6.07) is 14.3. The number of nitrogens with one attached hydrogen (secondary N) is 1. The maximum atomic E-state index is 7.37. The molecule has 0 fully saturated rings. The molecule has 3 heteroatoms. The van der Waals surface area contributed by atoms with Crippen molar-refractivity contribution in [1.29, 1.82) is 0 Å². The molecule has 0 unspecified atom stereocenters. The minimum absolute atomic E-state index is 0.465. The average Bonchev–Trinajstić information content (AvgIpc) is 2.33. The molecule has 2 rings (SSSR count). The van der Waals surface area contributed by atoms with Crippen molar-refractivity contribution in [2.75, 3.05) is 7.11 Å². The van der Waals surface area contributed by atoms with Gasteiger partial charge in [0.2, 0.25) is 0 Å². The normalized spacial score (nSPS) is 9.81. The van der Waals surface area contributed by atoms with Gasteiger partial charge in [-0.2, -0.15) is 0 Å². The van der Waals surface area contributed by atoms with Gasteiger partial charge in [-0.25, -0.2) is 0 Å². The maximum Gasteiger partial charge on any atom is 0.169 e. The summed E-state index contributed by atoms with van der Waals surface area (Å²) in [7, 11) is 1.61. The summed E-state index contributed by atoms with van der Waals surface area (Å²) < 4.78 is 10.8. The molecule has 1 N–H and O–H groups in total. The van der Waals surface area contributed by atoms with Gasteiger partial charge in [-0.05, 0) is 36.4 Å². The van der Waals surface area contributed by atoms with Gasteiger partial charge in [0.15, 0.2) is 11.5 Å². The number of benzene rings is 2. The summed E-state index contributed by atoms with van der Waals surface area (Å²) in [5.74, 6) is 2.06. The molecule has 0 heterocycles. The molecule has 2 aromatic carbocycles. The van der Waals surface area contributed by atoms with Gasteiger partial charge in [0.1, 0.15) is 5.75 Å². The predicted octanol–water partition coefficient (Wildman–Crippen LogP) is 3.40. The Morgan fingerprint density at radius 1 is 0.875 bits per heavy atom. The van der Waals surface area contributed by atoms with Gasteiger partial charge in [0, 0.05) is 0 Å². The van der Waals surface area contributed by atoms with Gasteiger partial charge in [-0.3, -0.25) is 0 Å². The summed E-state index contributed by atoms with van der Waals surface area (Å²) in [4.78, 5) is 0. The average molecular weight is 214 g/mol. The van der Waals surface area contributed by atoms with E-state index in [1.807, 2.05) is 24.3 Å². The molecular weight excluding hydrogens is 202 g/mol. The van der Waals surface area contributed by atoms with Crippen molar-refractivity contribution in [3.8, 4) is 17.2 Å². The van der Waals surface area contributed by atoms with Crippen molar-refractivity contribution in [3.63, 3.8) is 0 Å². The van der Waals surface area contributed by atoms with E-state index in [0.717, 1.165) is 0 Å². The van der Waals surface area contributed by atoms with Crippen molar-refractivity contribution in [3.05, 3.63) is 48.5 Å². The van der Waals surface area contributed by atoms with Crippen LogP contribution in [0.15, 0.2) is 48.5 Å². The summed E-state index contributed by atoms with van der Waals surface area (Å²) >= 11 is 0. The fourth-order valence-corrected chi connectivity index (χ4v) is 1.35. The lowest BCUT2D eigenvalue weighted by atomic mass is 10.3. The van der Waals surface area contributed by atoms with Gasteiger partial charge < -0.3 is 15.2 Å². The molecule has 3 nitrogen and oxygen atoms in total. The lowest BCUT2D eigenvalue weighted by Gasteiger charge is -2.09. The highest BCUT2D eigenvalue weighted by Gasteiger charge is 2.03. The van der Waals surface area contributed by atoms with Crippen LogP contribution in [0.4, 0.5) is 5.69 Å². The van der Waals surface area contributed by atoms with E-state index < -0.39 is 0 Å². The zero-order valence-electron chi connectivity index (χ0n) is 8.94. The standard InChI is InChI=1S/C13H12NO2/c1-15-12-4-2-3-5-13(12)16-11-8-6-10(14)7-9-11/h2-9,14H,1H3.